The summed E-state index contributed by atoms with van der Waals surface area (Å²) in [5, 5.41) is 8.98. The van der Waals surface area contributed by atoms with E-state index in [1.165, 1.54) is 17.7 Å². The SMILES string of the molecule is C[C@@H]1CC[C@H]2[C@@H](C)C(OCCn3nnc4c3CCN(Cc3ccccc3)C4)O[C@@H]3O[C@@]4(C)CC[C@@H]1[C@]32OO4. The van der Waals surface area contributed by atoms with Crippen molar-refractivity contribution in [2.45, 2.75) is 96.5 Å². The lowest BCUT2D eigenvalue weighted by Gasteiger charge is -2.60. The molecule has 0 amide bonds. The van der Waals surface area contributed by atoms with Gasteiger partial charge in [0.1, 0.15) is 0 Å². The average molecular weight is 525 g/mol. The van der Waals surface area contributed by atoms with Gasteiger partial charge >= 0.3 is 0 Å². The molecular weight excluding hydrogens is 484 g/mol. The molecular formula is C29H40N4O5. The monoisotopic (exact) mass is 524 g/mol. The topological polar surface area (TPSA) is 80.1 Å². The maximum Gasteiger partial charge on any atom is 0.201 e. The fourth-order valence-corrected chi connectivity index (χ4v) is 7.79. The predicted molar refractivity (Wildman–Crippen MR) is 137 cm³/mol. The Morgan fingerprint density at radius 2 is 1.95 bits per heavy atom. The van der Waals surface area contributed by atoms with Crippen LogP contribution in [-0.4, -0.2) is 57.0 Å². The summed E-state index contributed by atoms with van der Waals surface area (Å²) >= 11 is 0. The van der Waals surface area contributed by atoms with E-state index >= 15 is 0 Å². The number of benzene rings is 1. The van der Waals surface area contributed by atoms with Gasteiger partial charge < -0.3 is 14.2 Å². The van der Waals surface area contributed by atoms with Crippen LogP contribution in [0.25, 0.3) is 0 Å². The molecule has 4 saturated heterocycles. The van der Waals surface area contributed by atoms with Crippen LogP contribution in [0.15, 0.2) is 30.3 Å². The Morgan fingerprint density at radius 1 is 1.08 bits per heavy atom. The van der Waals surface area contributed by atoms with Crippen LogP contribution < -0.4 is 0 Å². The summed E-state index contributed by atoms with van der Waals surface area (Å²) < 4.78 is 21.4. The van der Waals surface area contributed by atoms with E-state index in [4.69, 9.17) is 24.0 Å². The number of ether oxygens (including phenoxy) is 3. The molecule has 8 atom stereocenters. The summed E-state index contributed by atoms with van der Waals surface area (Å²) in [6.07, 6.45) is 4.23. The lowest BCUT2D eigenvalue weighted by Crippen LogP contribution is -2.70. The van der Waals surface area contributed by atoms with E-state index in [-0.39, 0.29) is 18.1 Å². The molecule has 8 rings (SSSR count). The summed E-state index contributed by atoms with van der Waals surface area (Å²) in [4.78, 5) is 14.6. The van der Waals surface area contributed by atoms with Crippen LogP contribution in [-0.2, 0) is 50.0 Å². The lowest BCUT2D eigenvalue weighted by atomic mass is 9.58. The Morgan fingerprint density at radius 3 is 2.82 bits per heavy atom. The van der Waals surface area contributed by atoms with Crippen LogP contribution in [0.3, 0.4) is 0 Å². The summed E-state index contributed by atoms with van der Waals surface area (Å²) in [7, 11) is 0. The Kier molecular flexibility index (Phi) is 6.37. The molecule has 206 valence electrons. The van der Waals surface area contributed by atoms with Crippen molar-refractivity contribution in [2.24, 2.45) is 23.7 Å². The summed E-state index contributed by atoms with van der Waals surface area (Å²) in [6.45, 7) is 10.5. The molecule has 1 spiro atoms. The maximum atomic E-state index is 6.56. The normalized spacial score (nSPS) is 40.4. The van der Waals surface area contributed by atoms with Gasteiger partial charge in [0.25, 0.3) is 0 Å². The first-order valence-corrected chi connectivity index (χ1v) is 14.4. The molecule has 6 heterocycles. The molecule has 9 heteroatoms. The van der Waals surface area contributed by atoms with Crippen molar-refractivity contribution in [3.63, 3.8) is 0 Å². The third-order valence-corrected chi connectivity index (χ3v) is 9.89. The van der Waals surface area contributed by atoms with Crippen molar-refractivity contribution in [1.82, 2.24) is 19.9 Å². The van der Waals surface area contributed by atoms with Crippen LogP contribution in [0.1, 0.15) is 63.4 Å². The number of aromatic nitrogens is 3. The van der Waals surface area contributed by atoms with Crippen LogP contribution in [0.2, 0.25) is 0 Å². The molecule has 5 aliphatic heterocycles. The largest absolute Gasteiger partial charge is 0.350 e. The highest BCUT2D eigenvalue weighted by atomic mass is 17.3. The minimum Gasteiger partial charge on any atom is -0.350 e. The van der Waals surface area contributed by atoms with Gasteiger partial charge in [-0.25, -0.2) is 14.5 Å². The molecule has 0 radical (unpaired) electrons. The number of fused-ring (bicyclic) bond motifs is 3. The zero-order valence-corrected chi connectivity index (χ0v) is 22.8. The number of rotatable bonds is 6. The third kappa shape index (κ3) is 4.14. The summed E-state index contributed by atoms with van der Waals surface area (Å²) in [5.41, 5.74) is 3.08. The zero-order chi connectivity index (χ0) is 25.9. The summed E-state index contributed by atoms with van der Waals surface area (Å²) in [6, 6.07) is 10.6. The highest BCUT2D eigenvalue weighted by Crippen LogP contribution is 2.60. The second-order valence-electron chi connectivity index (χ2n) is 12.3. The van der Waals surface area contributed by atoms with Crippen molar-refractivity contribution in [3.05, 3.63) is 47.3 Å². The highest BCUT2D eigenvalue weighted by Gasteiger charge is 2.69. The maximum absolute atomic E-state index is 6.56. The van der Waals surface area contributed by atoms with Gasteiger partial charge in [-0.15, -0.1) is 5.10 Å². The average Bonchev–Trinajstić information content (AvgIpc) is 3.17. The van der Waals surface area contributed by atoms with Gasteiger partial charge in [0.05, 0.1) is 24.5 Å². The van der Waals surface area contributed by atoms with Crippen molar-refractivity contribution in [3.8, 4) is 0 Å². The molecule has 1 aromatic heterocycles. The Hall–Kier alpha value is -1.88. The lowest BCUT2D eigenvalue weighted by molar-refractivity contribution is -0.577. The van der Waals surface area contributed by atoms with Crippen LogP contribution in [0, 0.1) is 23.7 Å². The minimum atomic E-state index is -0.767. The van der Waals surface area contributed by atoms with E-state index in [2.05, 4.69) is 59.4 Å². The molecule has 1 saturated carbocycles. The third-order valence-electron chi connectivity index (χ3n) is 9.89. The molecule has 6 aliphatic rings. The molecule has 1 aliphatic carbocycles. The van der Waals surface area contributed by atoms with Gasteiger partial charge in [0.2, 0.25) is 5.79 Å². The van der Waals surface area contributed by atoms with E-state index in [1.807, 2.05) is 11.6 Å². The molecule has 38 heavy (non-hydrogen) atoms. The molecule has 2 bridgehead atoms. The second-order valence-corrected chi connectivity index (χ2v) is 12.3. The van der Waals surface area contributed by atoms with Gasteiger partial charge in [-0.1, -0.05) is 49.4 Å². The van der Waals surface area contributed by atoms with Gasteiger partial charge in [-0.05, 0) is 43.6 Å². The van der Waals surface area contributed by atoms with Gasteiger partial charge in [0.15, 0.2) is 18.2 Å². The molecule has 1 aromatic carbocycles. The van der Waals surface area contributed by atoms with E-state index in [0.29, 0.717) is 25.0 Å². The Bertz CT molecular complexity index is 1150. The fraction of sp³-hybridized carbons (Fsp3) is 0.724. The minimum absolute atomic E-state index is 0.173. The molecule has 5 fully saturated rings. The molecule has 1 unspecified atom stereocenters. The van der Waals surface area contributed by atoms with Crippen molar-refractivity contribution >= 4 is 0 Å². The van der Waals surface area contributed by atoms with E-state index in [0.717, 1.165) is 51.0 Å². The van der Waals surface area contributed by atoms with Gasteiger partial charge in [-0.2, -0.15) is 0 Å². The van der Waals surface area contributed by atoms with Crippen LogP contribution in [0.5, 0.6) is 0 Å². The first kappa shape index (κ1) is 25.1. The Balaban J connectivity index is 1.00. The van der Waals surface area contributed by atoms with E-state index in [9.17, 15) is 0 Å². The number of hydrogen-bond donors (Lipinski definition) is 0. The van der Waals surface area contributed by atoms with E-state index < -0.39 is 17.7 Å². The first-order chi connectivity index (χ1) is 18.5. The van der Waals surface area contributed by atoms with Crippen molar-refractivity contribution in [1.29, 1.82) is 0 Å². The van der Waals surface area contributed by atoms with Crippen LogP contribution >= 0.6 is 0 Å². The molecule has 2 aromatic rings. The fourth-order valence-electron chi connectivity index (χ4n) is 7.79. The zero-order valence-electron chi connectivity index (χ0n) is 22.8. The number of hydrogen-bond acceptors (Lipinski definition) is 8. The highest BCUT2D eigenvalue weighted by molar-refractivity contribution is 5.17. The van der Waals surface area contributed by atoms with Gasteiger partial charge in [-0.3, -0.25) is 4.90 Å². The Labute approximate surface area is 224 Å². The van der Waals surface area contributed by atoms with Crippen molar-refractivity contribution in [2.75, 3.05) is 13.2 Å². The number of nitrogens with zero attached hydrogens (tertiary/aromatic N) is 4. The first-order valence-electron chi connectivity index (χ1n) is 14.4. The van der Waals surface area contributed by atoms with Crippen LogP contribution in [0.4, 0.5) is 0 Å². The van der Waals surface area contributed by atoms with Gasteiger partial charge in [0, 0.05) is 44.3 Å². The smallest absolute Gasteiger partial charge is 0.201 e. The molecule has 0 N–H and O–H groups in total. The quantitative estimate of drug-likeness (QED) is 0.524. The standard InChI is InChI=1S/C29H40N4O5/c1-19-9-10-23-20(2)26(35-27-29(23)22(19)11-13-28(3,36-27)37-38-29)34-16-15-33-25-12-14-32(18-24(25)30-31-33)17-21-7-5-4-6-8-21/h4-8,19-20,22-23,26-27H,9-18H2,1-3H3/t19-,20-,22+,23+,26?,27-,28-,29-/m1/s1. The van der Waals surface area contributed by atoms with E-state index in [1.54, 1.807) is 0 Å². The van der Waals surface area contributed by atoms with Crippen molar-refractivity contribution < 1.29 is 24.0 Å². The predicted octanol–water partition coefficient (Wildman–Crippen LogP) is 4.06. The second kappa shape index (κ2) is 9.64. The molecule has 9 nitrogen and oxygen atoms in total. The summed E-state index contributed by atoms with van der Waals surface area (Å²) in [5.74, 6) is 0.590.